The second-order valence-corrected chi connectivity index (χ2v) is 10.5. The maximum Gasteiger partial charge on any atom is 0.307 e. The van der Waals surface area contributed by atoms with Crippen molar-refractivity contribution in [3.8, 4) is 0 Å². The van der Waals surface area contributed by atoms with E-state index >= 15 is 0 Å². The largest absolute Gasteiger partial charge is 0.481 e. The minimum atomic E-state index is -0.768. The van der Waals surface area contributed by atoms with E-state index in [4.69, 9.17) is 17.5 Å². The predicted molar refractivity (Wildman–Crippen MR) is 144 cm³/mol. The number of carboxylic acid groups (broad SMARTS) is 1. The maximum absolute atomic E-state index is 13.0. The van der Waals surface area contributed by atoms with Gasteiger partial charge in [-0.15, -0.1) is 0 Å². The number of hydrogen-bond donors (Lipinski definition) is 3. The Kier molecular flexibility index (Phi) is 8.70. The van der Waals surface area contributed by atoms with Crippen LogP contribution in [0.2, 0.25) is 0 Å². The number of carboxylic acids is 1. The average molecular weight is 544 g/mol. The predicted octanol–water partition coefficient (Wildman–Crippen LogP) is 4.14. The van der Waals surface area contributed by atoms with Crippen molar-refractivity contribution >= 4 is 51.6 Å². The minimum absolute atomic E-state index is 0.262. The third-order valence-corrected chi connectivity index (χ3v) is 7.61. The number of para-hydroxylation sites is 1. The van der Waals surface area contributed by atoms with E-state index in [1.807, 2.05) is 25.1 Å². The number of aliphatic carboxylic acids is 1. The molecular weight excluding hydrogens is 514 g/mol. The number of rotatable bonds is 9. The summed E-state index contributed by atoms with van der Waals surface area (Å²) in [5, 5.41) is 12.9. The number of piperidine rings is 1. The van der Waals surface area contributed by atoms with Gasteiger partial charge >= 0.3 is 5.97 Å². The molecule has 3 aromatic rings. The van der Waals surface area contributed by atoms with E-state index in [0.717, 1.165) is 41.6 Å². The summed E-state index contributed by atoms with van der Waals surface area (Å²) in [6.45, 7) is 6.05. The quantitative estimate of drug-likeness (QED) is 0.340. The number of nitrogens with two attached hydrogens (primary N) is 1. The fraction of sp³-hybridized carbons (Fsp3) is 0.400. The number of thiazole rings is 1. The van der Waals surface area contributed by atoms with E-state index in [1.165, 1.54) is 17.5 Å². The van der Waals surface area contributed by atoms with Crippen LogP contribution in [0.5, 0.6) is 0 Å². The molecule has 1 fully saturated rings. The third-order valence-electron chi connectivity index (χ3n) is 6.37. The van der Waals surface area contributed by atoms with Crippen LogP contribution in [0, 0.1) is 12.8 Å². The lowest BCUT2D eigenvalue weighted by molar-refractivity contribution is -0.141. The van der Waals surface area contributed by atoms with E-state index in [-0.39, 0.29) is 18.4 Å². The molecule has 1 unspecified atom stereocenters. The van der Waals surface area contributed by atoms with Crippen LogP contribution in [-0.4, -0.2) is 56.5 Å². The molecule has 4 N–H and O–H groups in total. The van der Waals surface area contributed by atoms with Gasteiger partial charge < -0.3 is 21.1 Å². The van der Waals surface area contributed by atoms with Crippen LogP contribution in [-0.2, 0) is 11.3 Å². The number of hydrogen-bond acceptors (Lipinski definition) is 9. The fourth-order valence-corrected chi connectivity index (χ4v) is 5.42. The Morgan fingerprint density at radius 3 is 2.73 bits per heavy atom. The molecule has 0 radical (unpaired) electrons. The highest BCUT2D eigenvalue weighted by Gasteiger charge is 2.25. The van der Waals surface area contributed by atoms with E-state index in [2.05, 4.69) is 25.2 Å². The van der Waals surface area contributed by atoms with Crippen molar-refractivity contribution in [1.29, 1.82) is 0 Å². The Balaban J connectivity index is 1.41. The molecule has 1 atom stereocenters. The second kappa shape index (κ2) is 12.0. The molecule has 0 bridgehead atoms. The number of nitrogens with one attached hydrogen (secondary N) is 1. The molecule has 1 aliphatic heterocycles. The second-order valence-electron chi connectivity index (χ2n) is 9.11. The number of likely N-dealkylation sites (tertiary alicyclic amines) is 1. The summed E-state index contributed by atoms with van der Waals surface area (Å²) in [7, 11) is 0. The van der Waals surface area contributed by atoms with Gasteiger partial charge in [-0.25, -0.2) is 19.4 Å². The molecule has 12 heteroatoms. The third kappa shape index (κ3) is 6.61. The highest BCUT2D eigenvalue weighted by Crippen LogP contribution is 2.31. The van der Waals surface area contributed by atoms with E-state index < -0.39 is 11.9 Å². The SMILES string of the molecule is Cc1nc(Nc2ncc(C(=O)N(Cl)c3ccccc3CN)s2)cc(C2CCN(CC(C)C(=O)O)CC2)n1. The summed E-state index contributed by atoms with van der Waals surface area (Å²) in [5.74, 6) is -0.0364. The van der Waals surface area contributed by atoms with Crippen molar-refractivity contribution in [2.75, 3.05) is 29.4 Å². The first kappa shape index (κ1) is 26.9. The van der Waals surface area contributed by atoms with E-state index in [0.29, 0.717) is 33.9 Å². The first-order chi connectivity index (χ1) is 17.7. The lowest BCUT2D eigenvalue weighted by atomic mass is 9.92. The number of benzene rings is 1. The smallest absolute Gasteiger partial charge is 0.307 e. The van der Waals surface area contributed by atoms with Crippen LogP contribution in [0.25, 0.3) is 0 Å². The highest BCUT2D eigenvalue weighted by molar-refractivity contribution is 7.17. The number of aromatic nitrogens is 3. The van der Waals surface area contributed by atoms with Crippen LogP contribution >= 0.6 is 23.1 Å². The summed E-state index contributed by atoms with van der Waals surface area (Å²) < 4.78 is 1.07. The summed E-state index contributed by atoms with van der Waals surface area (Å²) in [6.07, 6.45) is 3.28. The summed E-state index contributed by atoms with van der Waals surface area (Å²) in [6, 6.07) is 9.13. The Morgan fingerprint density at radius 1 is 1.30 bits per heavy atom. The molecule has 1 aromatic carbocycles. The lowest BCUT2D eigenvalue weighted by Crippen LogP contribution is -2.38. The maximum atomic E-state index is 13.0. The average Bonchev–Trinajstić information content (AvgIpc) is 3.36. The molecule has 10 nitrogen and oxygen atoms in total. The van der Waals surface area contributed by atoms with Crippen molar-refractivity contribution < 1.29 is 14.7 Å². The van der Waals surface area contributed by atoms with Gasteiger partial charge in [0.25, 0.3) is 5.91 Å². The van der Waals surface area contributed by atoms with Crippen LogP contribution < -0.4 is 15.5 Å². The molecule has 1 aliphatic rings. The zero-order valence-corrected chi connectivity index (χ0v) is 22.3. The van der Waals surface area contributed by atoms with Gasteiger partial charge in [-0.3, -0.25) is 9.59 Å². The number of carbonyl (C=O) groups is 2. The standard InChI is InChI=1S/C25H30ClN7O3S/c1-15(24(35)36)14-32-9-7-17(8-10-32)19-11-22(30-16(2)29-19)31-25-28-13-21(37-25)23(34)33(26)20-6-4-3-5-18(20)12-27/h3-6,11,13,15,17H,7-10,12,14,27H2,1-2H3,(H,35,36)(H,28,29,30,31). The fourth-order valence-electron chi connectivity index (χ4n) is 4.36. The Morgan fingerprint density at radius 2 is 2.03 bits per heavy atom. The summed E-state index contributed by atoms with van der Waals surface area (Å²) in [5.41, 5.74) is 8.03. The molecule has 3 heterocycles. The first-order valence-corrected chi connectivity index (χ1v) is 13.2. The molecule has 37 heavy (non-hydrogen) atoms. The number of anilines is 3. The lowest BCUT2D eigenvalue weighted by Gasteiger charge is -2.32. The number of amides is 1. The number of nitrogens with zero attached hydrogens (tertiary/aromatic N) is 5. The van der Waals surface area contributed by atoms with Gasteiger partial charge in [-0.1, -0.05) is 36.5 Å². The van der Waals surface area contributed by atoms with Crippen LogP contribution in [0.3, 0.4) is 0 Å². The molecule has 2 aromatic heterocycles. The van der Waals surface area contributed by atoms with Gasteiger partial charge in [0, 0.05) is 42.5 Å². The monoisotopic (exact) mass is 543 g/mol. The first-order valence-electron chi connectivity index (χ1n) is 12.1. The van der Waals surface area contributed by atoms with Gasteiger partial charge in [0.15, 0.2) is 5.13 Å². The van der Waals surface area contributed by atoms with Gasteiger partial charge in [-0.05, 0) is 44.5 Å². The number of halogens is 1. The molecule has 0 spiro atoms. The molecular formula is C25H30ClN7O3S. The Bertz CT molecular complexity index is 1260. The molecule has 1 amide bonds. The van der Waals surface area contributed by atoms with Crippen LogP contribution in [0.1, 0.15) is 52.4 Å². The molecule has 0 saturated carbocycles. The normalized spacial score (nSPS) is 15.4. The molecule has 1 saturated heterocycles. The van der Waals surface area contributed by atoms with Gasteiger partial charge in [0.1, 0.15) is 16.5 Å². The zero-order chi connectivity index (χ0) is 26.5. The van der Waals surface area contributed by atoms with Crippen molar-refractivity contribution in [2.45, 2.75) is 39.2 Å². The van der Waals surface area contributed by atoms with Crippen LogP contribution in [0.4, 0.5) is 16.6 Å². The van der Waals surface area contributed by atoms with Gasteiger partial charge in [-0.2, -0.15) is 0 Å². The van der Waals surface area contributed by atoms with E-state index in [9.17, 15) is 14.7 Å². The molecule has 4 rings (SSSR count). The molecule has 0 aliphatic carbocycles. The Labute approximate surface area is 224 Å². The molecule has 196 valence electrons. The van der Waals surface area contributed by atoms with Crippen molar-refractivity contribution in [3.05, 3.63) is 58.5 Å². The summed E-state index contributed by atoms with van der Waals surface area (Å²) >= 11 is 7.54. The number of carbonyl (C=O) groups excluding carboxylic acids is 1. The topological polar surface area (TPSA) is 138 Å². The van der Waals surface area contributed by atoms with Crippen LogP contribution in [0.15, 0.2) is 36.5 Å². The van der Waals surface area contributed by atoms with E-state index in [1.54, 1.807) is 19.1 Å². The number of aryl methyl sites for hydroxylation is 1. The van der Waals surface area contributed by atoms with Crippen molar-refractivity contribution in [3.63, 3.8) is 0 Å². The van der Waals surface area contributed by atoms with Gasteiger partial charge in [0.05, 0.1) is 17.8 Å². The summed E-state index contributed by atoms with van der Waals surface area (Å²) in [4.78, 5) is 40.2. The van der Waals surface area contributed by atoms with Gasteiger partial charge in [0.2, 0.25) is 0 Å². The zero-order valence-electron chi connectivity index (χ0n) is 20.7. The van der Waals surface area contributed by atoms with Crippen molar-refractivity contribution in [2.24, 2.45) is 11.7 Å². The highest BCUT2D eigenvalue weighted by atomic mass is 35.5. The Hall–Kier alpha value is -3.12. The minimum Gasteiger partial charge on any atom is -0.481 e. The van der Waals surface area contributed by atoms with Crippen molar-refractivity contribution in [1.82, 2.24) is 19.9 Å².